The quantitative estimate of drug-likeness (QED) is 0.679. The molecule has 1 aromatic carbocycles. The van der Waals surface area contributed by atoms with Crippen LogP contribution in [-0.2, 0) is 4.79 Å². The van der Waals surface area contributed by atoms with Crippen LogP contribution >= 0.6 is 24.0 Å². The van der Waals surface area contributed by atoms with Crippen LogP contribution in [0.4, 0.5) is 0 Å². The first kappa shape index (κ1) is 14.7. The molecular weight excluding hydrogens is 298 g/mol. The molecule has 1 saturated heterocycles. The second-order valence-electron chi connectivity index (χ2n) is 3.80. The number of carbonyl (C=O) groups excluding carboxylic acids is 1. The summed E-state index contributed by atoms with van der Waals surface area (Å²) < 4.78 is 16.2. The number of hydrogen-bond donors (Lipinski definition) is 1. The predicted octanol–water partition coefficient (Wildman–Crippen LogP) is 2.20. The predicted molar refractivity (Wildman–Crippen MR) is 82.4 cm³/mol. The number of carbonyl (C=O) groups is 1. The highest BCUT2D eigenvalue weighted by Gasteiger charge is 2.23. The topological polar surface area (TPSA) is 56.8 Å². The minimum atomic E-state index is -0.211. The molecule has 20 heavy (non-hydrogen) atoms. The fourth-order valence-electron chi connectivity index (χ4n) is 1.73. The highest BCUT2D eigenvalue weighted by molar-refractivity contribution is 8.26. The lowest BCUT2D eigenvalue weighted by Crippen LogP contribution is -2.17. The lowest BCUT2D eigenvalue weighted by molar-refractivity contribution is -0.115. The maximum Gasteiger partial charge on any atom is 0.263 e. The van der Waals surface area contributed by atoms with Crippen molar-refractivity contribution in [1.82, 2.24) is 5.32 Å². The number of methoxy groups -OCH3 is 3. The first-order chi connectivity index (χ1) is 9.58. The first-order valence-electron chi connectivity index (χ1n) is 5.64. The van der Waals surface area contributed by atoms with Gasteiger partial charge in [0.2, 0.25) is 0 Å². The van der Waals surface area contributed by atoms with Crippen molar-refractivity contribution in [2.24, 2.45) is 0 Å². The van der Waals surface area contributed by atoms with Crippen molar-refractivity contribution in [1.29, 1.82) is 0 Å². The molecule has 1 heterocycles. The van der Waals surface area contributed by atoms with E-state index in [2.05, 4.69) is 5.32 Å². The molecule has 1 aromatic rings. The van der Waals surface area contributed by atoms with Gasteiger partial charge in [0.05, 0.1) is 26.2 Å². The van der Waals surface area contributed by atoms with Crippen LogP contribution in [-0.4, -0.2) is 31.6 Å². The summed E-state index contributed by atoms with van der Waals surface area (Å²) >= 11 is 6.17. The van der Waals surface area contributed by atoms with Crippen LogP contribution in [0.15, 0.2) is 17.0 Å². The normalized spacial score (nSPS) is 16.2. The number of ether oxygens (including phenoxy) is 3. The van der Waals surface area contributed by atoms with Gasteiger partial charge in [-0.15, -0.1) is 0 Å². The van der Waals surface area contributed by atoms with Gasteiger partial charge in [0.25, 0.3) is 5.91 Å². The number of thioether (sulfide) groups is 1. The number of hydrogen-bond acceptors (Lipinski definition) is 6. The van der Waals surface area contributed by atoms with Crippen molar-refractivity contribution in [2.75, 3.05) is 21.3 Å². The highest BCUT2D eigenvalue weighted by Crippen LogP contribution is 2.37. The van der Waals surface area contributed by atoms with E-state index in [1.807, 2.05) is 0 Å². The third kappa shape index (κ3) is 2.88. The average Bonchev–Trinajstić information content (AvgIpc) is 2.76. The molecule has 0 atom stereocenters. The summed E-state index contributed by atoms with van der Waals surface area (Å²) in [6.07, 6.45) is 1.71. The Morgan fingerprint density at radius 3 is 2.20 bits per heavy atom. The summed E-state index contributed by atoms with van der Waals surface area (Å²) in [5.74, 6) is 1.50. The van der Waals surface area contributed by atoms with Crippen molar-refractivity contribution in [2.45, 2.75) is 0 Å². The molecule has 1 amide bonds. The Bertz CT molecular complexity index is 598. The molecule has 1 aliphatic rings. The highest BCUT2D eigenvalue weighted by atomic mass is 32.2. The molecule has 0 spiro atoms. The molecule has 0 bridgehead atoms. The molecule has 106 valence electrons. The summed E-state index contributed by atoms with van der Waals surface area (Å²) in [5.41, 5.74) is 0.715. The third-order valence-electron chi connectivity index (χ3n) is 2.66. The van der Waals surface area contributed by atoms with Crippen molar-refractivity contribution < 1.29 is 19.0 Å². The monoisotopic (exact) mass is 311 g/mol. The van der Waals surface area contributed by atoms with Crippen LogP contribution in [0, 0.1) is 0 Å². The molecule has 0 aromatic heterocycles. The molecule has 7 heteroatoms. The standard InChI is InChI=1S/C13H13NO4S2/c1-16-8-6-10(18-3)9(17-2)4-7(8)5-11-12(15)14-13(19)20-11/h4-6H,1-3H3,(H,14,15,19). The zero-order valence-corrected chi connectivity index (χ0v) is 12.8. The van der Waals surface area contributed by atoms with Crippen LogP contribution in [0.2, 0.25) is 0 Å². The lowest BCUT2D eigenvalue weighted by Gasteiger charge is -2.12. The van der Waals surface area contributed by atoms with E-state index in [0.29, 0.717) is 32.0 Å². The van der Waals surface area contributed by atoms with Gasteiger partial charge in [-0.05, 0) is 12.1 Å². The number of thiocarbonyl (C=S) groups is 1. The van der Waals surface area contributed by atoms with E-state index in [-0.39, 0.29) is 5.91 Å². The van der Waals surface area contributed by atoms with E-state index >= 15 is 0 Å². The third-order valence-corrected chi connectivity index (χ3v) is 3.83. The van der Waals surface area contributed by atoms with Crippen LogP contribution in [0.25, 0.3) is 6.08 Å². The Kier molecular flexibility index (Phi) is 4.51. The zero-order valence-electron chi connectivity index (χ0n) is 11.2. The van der Waals surface area contributed by atoms with Crippen molar-refractivity contribution >= 4 is 40.3 Å². The second kappa shape index (κ2) is 6.15. The molecule has 1 fully saturated rings. The first-order valence-corrected chi connectivity index (χ1v) is 6.86. The van der Waals surface area contributed by atoms with Gasteiger partial charge in [-0.2, -0.15) is 0 Å². The zero-order chi connectivity index (χ0) is 14.7. The lowest BCUT2D eigenvalue weighted by atomic mass is 10.1. The Labute approximate surface area is 126 Å². The molecule has 0 saturated carbocycles. The SMILES string of the molecule is COc1cc(OC)c(OC)cc1C=C1SC(=S)NC1=O. The number of benzene rings is 1. The molecule has 0 aliphatic carbocycles. The van der Waals surface area contributed by atoms with E-state index in [1.165, 1.54) is 11.8 Å². The smallest absolute Gasteiger partial charge is 0.263 e. The van der Waals surface area contributed by atoms with Gasteiger partial charge in [0.15, 0.2) is 11.5 Å². The molecule has 5 nitrogen and oxygen atoms in total. The minimum absolute atomic E-state index is 0.211. The Hall–Kier alpha value is -1.73. The van der Waals surface area contributed by atoms with E-state index in [1.54, 1.807) is 39.5 Å². The average molecular weight is 311 g/mol. The Balaban J connectivity index is 2.48. The van der Waals surface area contributed by atoms with E-state index in [4.69, 9.17) is 26.4 Å². The van der Waals surface area contributed by atoms with Crippen molar-refractivity contribution in [3.63, 3.8) is 0 Å². The van der Waals surface area contributed by atoms with Crippen LogP contribution in [0.5, 0.6) is 17.2 Å². The van der Waals surface area contributed by atoms with Crippen molar-refractivity contribution in [3.05, 3.63) is 22.6 Å². The summed E-state index contributed by atoms with van der Waals surface area (Å²) in [5, 5.41) is 2.57. The summed E-state index contributed by atoms with van der Waals surface area (Å²) in [6, 6.07) is 3.46. The van der Waals surface area contributed by atoms with Crippen molar-refractivity contribution in [3.8, 4) is 17.2 Å². The molecule has 0 unspecified atom stereocenters. The minimum Gasteiger partial charge on any atom is -0.496 e. The second-order valence-corrected chi connectivity index (χ2v) is 5.52. The molecular formula is C13H13NO4S2. The van der Waals surface area contributed by atoms with Gasteiger partial charge in [-0.1, -0.05) is 24.0 Å². The van der Waals surface area contributed by atoms with Gasteiger partial charge in [0.1, 0.15) is 10.1 Å². The van der Waals surface area contributed by atoms with E-state index in [0.717, 1.165) is 0 Å². The molecule has 0 radical (unpaired) electrons. The number of nitrogens with one attached hydrogen (secondary N) is 1. The fourth-order valence-corrected chi connectivity index (χ4v) is 2.76. The van der Waals surface area contributed by atoms with Gasteiger partial charge >= 0.3 is 0 Å². The van der Waals surface area contributed by atoms with Gasteiger partial charge in [-0.3, -0.25) is 4.79 Å². The maximum absolute atomic E-state index is 11.7. The largest absolute Gasteiger partial charge is 0.496 e. The van der Waals surface area contributed by atoms with Crippen LogP contribution in [0.3, 0.4) is 0 Å². The number of rotatable bonds is 4. The van der Waals surface area contributed by atoms with E-state index < -0.39 is 0 Å². The fraction of sp³-hybridized carbons (Fsp3) is 0.231. The van der Waals surface area contributed by atoms with Gasteiger partial charge < -0.3 is 19.5 Å². The summed E-state index contributed by atoms with van der Waals surface area (Å²) in [7, 11) is 4.65. The molecule has 1 aliphatic heterocycles. The Morgan fingerprint density at radius 1 is 1.10 bits per heavy atom. The molecule has 1 N–H and O–H groups in total. The van der Waals surface area contributed by atoms with E-state index in [9.17, 15) is 4.79 Å². The molecule has 2 rings (SSSR count). The van der Waals surface area contributed by atoms with Crippen LogP contribution in [0.1, 0.15) is 5.56 Å². The summed E-state index contributed by atoms with van der Waals surface area (Å²) in [4.78, 5) is 12.2. The van der Waals surface area contributed by atoms with Crippen LogP contribution < -0.4 is 19.5 Å². The maximum atomic E-state index is 11.7. The number of amides is 1. The van der Waals surface area contributed by atoms with Gasteiger partial charge in [0, 0.05) is 11.6 Å². The summed E-state index contributed by atoms with van der Waals surface area (Å²) in [6.45, 7) is 0. The van der Waals surface area contributed by atoms with Gasteiger partial charge in [-0.25, -0.2) is 0 Å². The Morgan fingerprint density at radius 2 is 1.70 bits per heavy atom.